The van der Waals surface area contributed by atoms with E-state index in [-0.39, 0.29) is 11.8 Å². The third-order valence-electron chi connectivity index (χ3n) is 4.44. The van der Waals surface area contributed by atoms with Crippen molar-refractivity contribution in [2.75, 3.05) is 25.5 Å². The van der Waals surface area contributed by atoms with Crippen LogP contribution in [0.2, 0.25) is 0 Å². The summed E-state index contributed by atoms with van der Waals surface area (Å²) in [6.45, 7) is 1.58. The fraction of sp³-hybridized carbons (Fsp3) is 0.300. The van der Waals surface area contributed by atoms with E-state index in [2.05, 4.69) is 16.0 Å². The van der Waals surface area contributed by atoms with Gasteiger partial charge in [-0.3, -0.25) is 9.59 Å². The summed E-state index contributed by atoms with van der Waals surface area (Å²) in [7, 11) is 1.57. The molecule has 0 saturated carbocycles. The van der Waals surface area contributed by atoms with E-state index >= 15 is 0 Å². The summed E-state index contributed by atoms with van der Waals surface area (Å²) in [6, 6.07) is 14.1. The molecule has 1 unspecified atom stereocenters. The van der Waals surface area contributed by atoms with E-state index in [0.29, 0.717) is 35.2 Å². The van der Waals surface area contributed by atoms with Crippen molar-refractivity contribution in [1.29, 1.82) is 0 Å². The third kappa shape index (κ3) is 4.40. The van der Waals surface area contributed by atoms with Crippen LogP contribution in [0, 0.1) is 0 Å². The first-order valence-electron chi connectivity index (χ1n) is 8.73. The molecule has 1 atom stereocenters. The number of para-hydroxylation sites is 1. The quantitative estimate of drug-likeness (QED) is 0.745. The molecule has 6 nitrogen and oxygen atoms in total. The number of benzene rings is 2. The van der Waals surface area contributed by atoms with Crippen molar-refractivity contribution in [1.82, 2.24) is 10.6 Å². The van der Waals surface area contributed by atoms with Crippen molar-refractivity contribution < 1.29 is 14.3 Å². The Morgan fingerprint density at radius 1 is 1.12 bits per heavy atom. The zero-order valence-corrected chi connectivity index (χ0v) is 14.7. The fourth-order valence-electron chi connectivity index (χ4n) is 2.97. The van der Waals surface area contributed by atoms with Crippen molar-refractivity contribution in [3.05, 3.63) is 59.7 Å². The highest BCUT2D eigenvalue weighted by atomic mass is 16.5. The number of hydrogen-bond donors (Lipinski definition) is 3. The predicted octanol–water partition coefficient (Wildman–Crippen LogP) is 2.43. The fourth-order valence-corrected chi connectivity index (χ4v) is 2.97. The number of carbonyl (C=O) groups is 2. The first kappa shape index (κ1) is 17.9. The molecular weight excluding hydrogens is 330 g/mol. The van der Waals surface area contributed by atoms with E-state index in [1.54, 1.807) is 55.6 Å². The van der Waals surface area contributed by atoms with Crippen LogP contribution in [-0.4, -0.2) is 38.1 Å². The lowest BCUT2D eigenvalue weighted by Gasteiger charge is -2.14. The number of hydrogen-bond acceptors (Lipinski definition) is 4. The van der Waals surface area contributed by atoms with Gasteiger partial charge in [-0.1, -0.05) is 12.1 Å². The highest BCUT2D eigenvalue weighted by molar-refractivity contribution is 6.09. The number of rotatable bonds is 6. The molecule has 3 N–H and O–H groups in total. The second-order valence-electron chi connectivity index (χ2n) is 6.23. The number of ether oxygens (including phenoxy) is 1. The Morgan fingerprint density at radius 3 is 2.58 bits per heavy atom. The van der Waals surface area contributed by atoms with Gasteiger partial charge in [0, 0.05) is 18.2 Å². The Balaban J connectivity index is 1.67. The van der Waals surface area contributed by atoms with Gasteiger partial charge in [-0.2, -0.15) is 0 Å². The number of amides is 2. The van der Waals surface area contributed by atoms with E-state index in [1.807, 2.05) is 0 Å². The van der Waals surface area contributed by atoms with Gasteiger partial charge in [0.1, 0.15) is 5.75 Å². The van der Waals surface area contributed by atoms with E-state index in [4.69, 9.17) is 4.74 Å². The van der Waals surface area contributed by atoms with E-state index < -0.39 is 0 Å². The number of anilines is 1. The smallest absolute Gasteiger partial charge is 0.255 e. The molecule has 1 aliphatic rings. The van der Waals surface area contributed by atoms with Crippen LogP contribution in [0.5, 0.6) is 5.75 Å². The number of nitrogens with one attached hydrogen (secondary N) is 3. The van der Waals surface area contributed by atoms with Gasteiger partial charge >= 0.3 is 0 Å². The van der Waals surface area contributed by atoms with Crippen LogP contribution in [0.3, 0.4) is 0 Å². The molecule has 2 amide bonds. The van der Waals surface area contributed by atoms with Crippen molar-refractivity contribution in [3.63, 3.8) is 0 Å². The van der Waals surface area contributed by atoms with E-state index in [0.717, 1.165) is 19.4 Å². The minimum Gasteiger partial charge on any atom is -0.497 e. The number of carbonyl (C=O) groups excluding carboxylic acids is 2. The van der Waals surface area contributed by atoms with Crippen LogP contribution in [-0.2, 0) is 0 Å². The maximum Gasteiger partial charge on any atom is 0.255 e. The highest BCUT2D eigenvalue weighted by Gasteiger charge is 2.17. The lowest BCUT2D eigenvalue weighted by atomic mass is 10.1. The normalized spacial score (nSPS) is 16.1. The molecule has 0 aromatic heterocycles. The first-order valence-corrected chi connectivity index (χ1v) is 8.73. The van der Waals surface area contributed by atoms with Crippen LogP contribution in [0.15, 0.2) is 48.5 Å². The molecule has 3 rings (SSSR count). The molecule has 6 heteroatoms. The summed E-state index contributed by atoms with van der Waals surface area (Å²) >= 11 is 0. The molecule has 26 heavy (non-hydrogen) atoms. The van der Waals surface area contributed by atoms with Gasteiger partial charge in [-0.05, 0) is 55.8 Å². The van der Waals surface area contributed by atoms with Crippen LogP contribution in [0.4, 0.5) is 5.69 Å². The number of methoxy groups -OCH3 is 1. The van der Waals surface area contributed by atoms with Crippen LogP contribution >= 0.6 is 0 Å². The van der Waals surface area contributed by atoms with Crippen LogP contribution in [0.25, 0.3) is 0 Å². The molecular formula is C20H23N3O3. The Labute approximate surface area is 152 Å². The molecule has 0 bridgehead atoms. The molecule has 0 radical (unpaired) electrons. The molecule has 2 aromatic carbocycles. The summed E-state index contributed by atoms with van der Waals surface area (Å²) in [6.07, 6.45) is 2.20. The minimum absolute atomic E-state index is 0.190. The van der Waals surface area contributed by atoms with E-state index in [9.17, 15) is 9.59 Å². The summed E-state index contributed by atoms with van der Waals surface area (Å²) in [5.74, 6) is 0.219. The van der Waals surface area contributed by atoms with Crippen LogP contribution < -0.4 is 20.7 Å². The average Bonchev–Trinajstić information content (AvgIpc) is 3.20. The van der Waals surface area contributed by atoms with Gasteiger partial charge in [-0.25, -0.2) is 0 Å². The van der Waals surface area contributed by atoms with Crippen molar-refractivity contribution in [2.24, 2.45) is 0 Å². The molecule has 1 fully saturated rings. The minimum atomic E-state index is -0.273. The predicted molar refractivity (Wildman–Crippen MR) is 101 cm³/mol. The standard InChI is InChI=1S/C20H23N3O3/c1-26-16-10-8-14(9-11-16)19(24)23-18-7-3-2-6-17(18)20(25)22-13-15-5-4-12-21-15/h2-3,6-11,15,21H,4-5,12-13H2,1H3,(H,22,25)(H,23,24). The summed E-state index contributed by atoms with van der Waals surface area (Å²) < 4.78 is 5.10. The SMILES string of the molecule is COc1ccc(C(=O)Nc2ccccc2C(=O)NCC2CCCN2)cc1. The molecule has 0 aliphatic carbocycles. The maximum atomic E-state index is 12.5. The second-order valence-corrected chi connectivity index (χ2v) is 6.23. The van der Waals surface area contributed by atoms with Gasteiger partial charge in [-0.15, -0.1) is 0 Å². The zero-order chi connectivity index (χ0) is 18.4. The second kappa shape index (κ2) is 8.49. The largest absolute Gasteiger partial charge is 0.497 e. The average molecular weight is 353 g/mol. The van der Waals surface area contributed by atoms with E-state index in [1.165, 1.54) is 0 Å². The molecule has 1 aliphatic heterocycles. The molecule has 0 spiro atoms. The monoisotopic (exact) mass is 353 g/mol. The summed E-state index contributed by atoms with van der Waals surface area (Å²) in [5.41, 5.74) is 1.44. The van der Waals surface area contributed by atoms with Crippen molar-refractivity contribution in [3.8, 4) is 5.75 Å². The molecule has 1 saturated heterocycles. The molecule has 136 valence electrons. The molecule has 1 heterocycles. The third-order valence-corrected chi connectivity index (χ3v) is 4.44. The highest BCUT2D eigenvalue weighted by Crippen LogP contribution is 2.18. The van der Waals surface area contributed by atoms with Gasteiger partial charge in [0.25, 0.3) is 11.8 Å². The lowest BCUT2D eigenvalue weighted by Crippen LogP contribution is -2.37. The van der Waals surface area contributed by atoms with Gasteiger partial charge < -0.3 is 20.7 Å². The lowest BCUT2D eigenvalue weighted by molar-refractivity contribution is 0.0951. The summed E-state index contributed by atoms with van der Waals surface area (Å²) in [4.78, 5) is 25.0. The Morgan fingerprint density at radius 2 is 1.88 bits per heavy atom. The van der Waals surface area contributed by atoms with Gasteiger partial charge in [0.2, 0.25) is 0 Å². The molecule has 2 aromatic rings. The Bertz CT molecular complexity index is 768. The topological polar surface area (TPSA) is 79.5 Å². The van der Waals surface area contributed by atoms with Gasteiger partial charge in [0.05, 0.1) is 18.4 Å². The van der Waals surface area contributed by atoms with Crippen molar-refractivity contribution >= 4 is 17.5 Å². The zero-order valence-electron chi connectivity index (χ0n) is 14.7. The Hall–Kier alpha value is -2.86. The summed E-state index contributed by atoms with van der Waals surface area (Å²) in [5, 5.41) is 9.10. The van der Waals surface area contributed by atoms with Gasteiger partial charge in [0.15, 0.2) is 0 Å². The first-order chi connectivity index (χ1) is 12.7. The Kier molecular flexibility index (Phi) is 5.86. The van der Waals surface area contributed by atoms with Crippen LogP contribution in [0.1, 0.15) is 33.6 Å². The maximum absolute atomic E-state index is 12.5. The van der Waals surface area contributed by atoms with Crippen molar-refractivity contribution in [2.45, 2.75) is 18.9 Å².